The van der Waals surface area contributed by atoms with Crippen LogP contribution in [0.4, 0.5) is 13.2 Å². The van der Waals surface area contributed by atoms with Crippen molar-refractivity contribution >= 4 is 11.9 Å². The van der Waals surface area contributed by atoms with Gasteiger partial charge in [-0.3, -0.25) is 0 Å². The van der Waals surface area contributed by atoms with Crippen LogP contribution in [0.1, 0.15) is 59.3 Å². The van der Waals surface area contributed by atoms with Gasteiger partial charge in [-0.1, -0.05) is 20.3 Å². The van der Waals surface area contributed by atoms with E-state index in [1.54, 1.807) is 0 Å². The van der Waals surface area contributed by atoms with E-state index in [1.807, 2.05) is 13.8 Å². The minimum Gasteiger partial charge on any atom is -0.456 e. The molecule has 1 fully saturated rings. The van der Waals surface area contributed by atoms with Gasteiger partial charge in [0, 0.05) is 0 Å². The summed E-state index contributed by atoms with van der Waals surface area (Å²) in [6, 6.07) is 0. The van der Waals surface area contributed by atoms with Crippen molar-refractivity contribution in [3.05, 3.63) is 0 Å². The lowest BCUT2D eigenvalue weighted by molar-refractivity contribution is -0.257. The molecule has 3 unspecified atom stereocenters. The Labute approximate surface area is 162 Å². The number of ether oxygens (including phenoxy) is 2. The van der Waals surface area contributed by atoms with Gasteiger partial charge in [0.15, 0.2) is 6.61 Å². The number of hydrogen-bond donors (Lipinski definition) is 2. The highest BCUT2D eigenvalue weighted by molar-refractivity contribution is 5.82. The molecule has 0 aromatic rings. The summed E-state index contributed by atoms with van der Waals surface area (Å²) in [7, 11) is 0. The number of halogens is 3. The van der Waals surface area contributed by atoms with E-state index in [0.717, 1.165) is 25.7 Å². The van der Waals surface area contributed by atoms with Gasteiger partial charge < -0.3 is 19.4 Å². The SMILES string of the molecule is CCC(CC)(OC(=O)COC(=O)C(C)(O)C(F)(F)F)C1CCCC(CON)C1. The fourth-order valence-electron chi connectivity index (χ4n) is 3.75. The summed E-state index contributed by atoms with van der Waals surface area (Å²) in [6.45, 7) is 3.39. The summed E-state index contributed by atoms with van der Waals surface area (Å²) in [6.07, 6.45) is -0.758. The highest BCUT2D eigenvalue weighted by atomic mass is 19.4. The topological polar surface area (TPSA) is 108 Å². The number of alkyl halides is 3. The van der Waals surface area contributed by atoms with Crippen LogP contribution in [0, 0.1) is 11.8 Å². The monoisotopic (exact) mass is 413 g/mol. The van der Waals surface area contributed by atoms with Crippen LogP contribution in [0.3, 0.4) is 0 Å². The maximum atomic E-state index is 12.6. The summed E-state index contributed by atoms with van der Waals surface area (Å²) in [5.41, 5.74) is -4.51. The molecule has 28 heavy (non-hydrogen) atoms. The number of hydrogen-bond acceptors (Lipinski definition) is 7. The number of aliphatic hydroxyl groups is 1. The third kappa shape index (κ3) is 5.81. The standard InChI is InChI=1S/C18H30F3NO6/c1-4-17(5-2,13-8-6-7-12(9-13)10-27-22)28-14(23)11-26-15(24)16(3,25)18(19,20)21/h12-13,25H,4-11,22H2,1-3H3. The number of carbonyl (C=O) groups excluding carboxylic acids is 2. The second kappa shape index (κ2) is 9.89. The molecule has 0 heterocycles. The van der Waals surface area contributed by atoms with Crippen LogP contribution in [-0.2, 0) is 23.9 Å². The van der Waals surface area contributed by atoms with Gasteiger partial charge in [-0.15, -0.1) is 0 Å². The van der Waals surface area contributed by atoms with E-state index in [4.69, 9.17) is 15.5 Å². The summed E-state index contributed by atoms with van der Waals surface area (Å²) >= 11 is 0. The van der Waals surface area contributed by atoms with E-state index >= 15 is 0 Å². The summed E-state index contributed by atoms with van der Waals surface area (Å²) < 4.78 is 47.9. The average molecular weight is 413 g/mol. The molecule has 0 radical (unpaired) electrons. The highest BCUT2D eigenvalue weighted by Crippen LogP contribution is 2.42. The fraction of sp³-hybridized carbons (Fsp3) is 0.889. The maximum absolute atomic E-state index is 12.6. The molecule has 7 nitrogen and oxygen atoms in total. The van der Waals surface area contributed by atoms with Gasteiger partial charge in [0.05, 0.1) is 6.61 Å². The van der Waals surface area contributed by atoms with Crippen molar-refractivity contribution in [2.24, 2.45) is 17.7 Å². The lowest BCUT2D eigenvalue weighted by Crippen LogP contribution is -2.51. The van der Waals surface area contributed by atoms with Gasteiger partial charge >= 0.3 is 18.1 Å². The Hall–Kier alpha value is -1.39. The Morgan fingerprint density at radius 1 is 1.18 bits per heavy atom. The molecule has 0 aromatic carbocycles. The Balaban J connectivity index is 2.75. The first-order valence-corrected chi connectivity index (χ1v) is 9.43. The van der Waals surface area contributed by atoms with Crippen molar-refractivity contribution in [3.63, 3.8) is 0 Å². The first-order chi connectivity index (χ1) is 12.9. The lowest BCUT2D eigenvalue weighted by Gasteiger charge is -2.43. The molecule has 0 aliphatic heterocycles. The Kier molecular flexibility index (Phi) is 8.70. The van der Waals surface area contributed by atoms with Gasteiger partial charge in [0.25, 0.3) is 5.60 Å². The third-order valence-electron chi connectivity index (χ3n) is 5.64. The van der Waals surface area contributed by atoms with Crippen LogP contribution >= 0.6 is 0 Å². The van der Waals surface area contributed by atoms with Crippen LogP contribution < -0.4 is 5.90 Å². The molecular formula is C18H30F3NO6. The number of esters is 2. The molecule has 1 rings (SSSR count). The largest absolute Gasteiger partial charge is 0.456 e. The molecule has 0 aromatic heterocycles. The zero-order chi connectivity index (χ0) is 21.6. The Bertz CT molecular complexity index is 532. The number of rotatable bonds is 9. The van der Waals surface area contributed by atoms with Gasteiger partial charge in [0.1, 0.15) is 5.60 Å². The summed E-state index contributed by atoms with van der Waals surface area (Å²) in [5, 5.41) is 9.27. The predicted molar refractivity (Wildman–Crippen MR) is 92.6 cm³/mol. The van der Waals surface area contributed by atoms with E-state index in [0.29, 0.717) is 19.4 Å². The second-order valence-electron chi connectivity index (χ2n) is 7.45. The second-order valence-corrected chi connectivity index (χ2v) is 7.45. The Morgan fingerprint density at radius 2 is 1.79 bits per heavy atom. The molecule has 164 valence electrons. The fourth-order valence-corrected chi connectivity index (χ4v) is 3.75. The summed E-state index contributed by atoms with van der Waals surface area (Å²) in [4.78, 5) is 28.4. The molecule has 0 amide bonds. The first kappa shape index (κ1) is 24.6. The predicted octanol–water partition coefficient (Wildman–Crippen LogP) is 2.64. The van der Waals surface area contributed by atoms with Crippen LogP contribution in [0.15, 0.2) is 0 Å². The van der Waals surface area contributed by atoms with E-state index in [2.05, 4.69) is 4.74 Å². The van der Waals surface area contributed by atoms with Crippen LogP contribution in [0.25, 0.3) is 0 Å². The molecule has 0 spiro atoms. The average Bonchev–Trinajstić information content (AvgIpc) is 2.63. The molecular weight excluding hydrogens is 383 g/mol. The number of nitrogens with two attached hydrogens (primary N) is 1. The maximum Gasteiger partial charge on any atom is 0.427 e. The highest BCUT2D eigenvalue weighted by Gasteiger charge is 2.57. The van der Waals surface area contributed by atoms with Crippen LogP contribution in [0.5, 0.6) is 0 Å². The van der Waals surface area contributed by atoms with Crippen molar-refractivity contribution in [1.29, 1.82) is 0 Å². The number of carbonyl (C=O) groups is 2. The molecule has 0 saturated heterocycles. The van der Waals surface area contributed by atoms with Crippen molar-refractivity contribution in [2.75, 3.05) is 13.2 Å². The van der Waals surface area contributed by atoms with Crippen molar-refractivity contribution in [1.82, 2.24) is 0 Å². The van der Waals surface area contributed by atoms with Gasteiger partial charge in [-0.05, 0) is 50.9 Å². The summed E-state index contributed by atoms with van der Waals surface area (Å²) in [5.74, 6) is 2.53. The quantitative estimate of drug-likeness (QED) is 0.442. The normalized spacial score (nSPS) is 23.0. The van der Waals surface area contributed by atoms with Gasteiger partial charge in [-0.25, -0.2) is 15.5 Å². The third-order valence-corrected chi connectivity index (χ3v) is 5.64. The molecule has 1 aliphatic rings. The zero-order valence-electron chi connectivity index (χ0n) is 16.5. The van der Waals surface area contributed by atoms with Gasteiger partial charge in [0.2, 0.25) is 0 Å². The smallest absolute Gasteiger partial charge is 0.427 e. The minimum absolute atomic E-state index is 0.0364. The molecule has 1 saturated carbocycles. The van der Waals surface area contributed by atoms with Crippen LogP contribution in [0.2, 0.25) is 0 Å². The van der Waals surface area contributed by atoms with Crippen molar-refractivity contribution in [3.8, 4) is 0 Å². The van der Waals surface area contributed by atoms with Crippen LogP contribution in [-0.4, -0.2) is 47.6 Å². The van der Waals surface area contributed by atoms with Crippen molar-refractivity contribution < 1.29 is 42.2 Å². The lowest BCUT2D eigenvalue weighted by atomic mass is 9.70. The minimum atomic E-state index is -5.22. The van der Waals surface area contributed by atoms with E-state index in [9.17, 15) is 27.9 Å². The molecule has 10 heteroatoms. The molecule has 3 N–H and O–H groups in total. The van der Waals surface area contributed by atoms with E-state index in [-0.39, 0.29) is 18.8 Å². The molecule has 3 atom stereocenters. The van der Waals surface area contributed by atoms with E-state index in [1.165, 1.54) is 0 Å². The Morgan fingerprint density at radius 3 is 2.29 bits per heavy atom. The molecule has 1 aliphatic carbocycles. The van der Waals surface area contributed by atoms with Crippen molar-refractivity contribution in [2.45, 2.75) is 76.7 Å². The molecule has 0 bridgehead atoms. The first-order valence-electron chi connectivity index (χ1n) is 9.43. The van der Waals surface area contributed by atoms with Gasteiger partial charge in [-0.2, -0.15) is 13.2 Å². The van der Waals surface area contributed by atoms with E-state index < -0.39 is 35.9 Å². The zero-order valence-corrected chi connectivity index (χ0v) is 16.5.